The fourth-order valence-electron chi connectivity index (χ4n) is 12.3. The first kappa shape index (κ1) is 52.7. The Balaban J connectivity index is 0.000000165. The van der Waals surface area contributed by atoms with Crippen LogP contribution in [0.4, 0.5) is 17.6 Å². The molecule has 404 valence electrons. The lowest BCUT2D eigenvalue weighted by Crippen LogP contribution is -2.30. The molecule has 78 heavy (non-hydrogen) atoms. The molecule has 0 N–H and O–H groups in total. The van der Waals surface area contributed by atoms with Gasteiger partial charge in [-0.05, 0) is 74.6 Å². The highest BCUT2D eigenvalue weighted by molar-refractivity contribution is 7.91. The molecule has 0 aliphatic heterocycles. The van der Waals surface area contributed by atoms with Crippen LogP contribution in [0, 0.1) is 25.7 Å². The number of pyridine rings is 4. The number of fused-ring (bicyclic) bond motifs is 6. The topological polar surface area (TPSA) is 165 Å². The van der Waals surface area contributed by atoms with Crippen molar-refractivity contribution in [2.45, 2.75) is 98.9 Å². The van der Waals surface area contributed by atoms with E-state index in [4.69, 9.17) is 9.97 Å². The summed E-state index contributed by atoms with van der Waals surface area (Å²) in [5.41, 5.74) is 10.7. The molecule has 2 atom stereocenters. The van der Waals surface area contributed by atoms with Crippen molar-refractivity contribution in [2.24, 2.45) is 25.9 Å². The van der Waals surface area contributed by atoms with Crippen molar-refractivity contribution in [1.29, 1.82) is 0 Å². The molecule has 10 aromatic rings. The SMILES string of the molecule is Cc1ncn(C)c1-c1cnc2c3cncc(S(C)(=O)=O)c3n(C(c3ccccc3)C3CCC(F)(F)CC3)c2c1.Cc1ncn(C)c1-c1cnc2c3cncc(S(C)(=O)=O)c3n(C(c3ccccc3)C3CCC(F)(F)CC3)c2c1. The molecule has 0 radical (unpaired) electrons. The van der Waals surface area contributed by atoms with Gasteiger partial charge in [-0.1, -0.05) is 60.7 Å². The first-order valence-electron chi connectivity index (χ1n) is 25.9. The maximum atomic E-state index is 14.3. The zero-order valence-electron chi connectivity index (χ0n) is 43.9. The number of alkyl halides is 4. The van der Waals surface area contributed by atoms with E-state index in [1.165, 1.54) is 24.9 Å². The number of aromatic nitrogens is 10. The fraction of sp³-hybridized carbons (Fsp3) is 0.345. The molecule has 0 spiro atoms. The van der Waals surface area contributed by atoms with Crippen molar-refractivity contribution < 1.29 is 34.4 Å². The van der Waals surface area contributed by atoms with Gasteiger partial charge in [0.05, 0.1) is 80.6 Å². The Kier molecular flexibility index (Phi) is 13.4. The van der Waals surface area contributed by atoms with Crippen molar-refractivity contribution in [3.05, 3.63) is 145 Å². The van der Waals surface area contributed by atoms with Crippen LogP contribution in [0.15, 0.2) is 132 Å². The zero-order valence-corrected chi connectivity index (χ0v) is 45.6. The van der Waals surface area contributed by atoms with Crippen LogP contribution in [0.2, 0.25) is 0 Å². The van der Waals surface area contributed by atoms with E-state index in [0.29, 0.717) is 58.5 Å². The van der Waals surface area contributed by atoms with Crippen LogP contribution in [0.3, 0.4) is 0 Å². The van der Waals surface area contributed by atoms with Crippen molar-refractivity contribution in [3.63, 3.8) is 0 Å². The lowest BCUT2D eigenvalue weighted by molar-refractivity contribution is -0.0498. The molecule has 8 aromatic heterocycles. The van der Waals surface area contributed by atoms with Gasteiger partial charge < -0.3 is 18.3 Å². The Bertz CT molecular complexity index is 3830. The van der Waals surface area contributed by atoms with E-state index in [1.54, 1.807) is 37.4 Å². The smallest absolute Gasteiger partial charge is 0.248 e. The number of halogens is 4. The average Bonchev–Trinajstić information content (AvgIpc) is 4.03. The summed E-state index contributed by atoms with van der Waals surface area (Å²) in [6.07, 6.45) is 15.9. The van der Waals surface area contributed by atoms with E-state index in [-0.39, 0.29) is 59.4 Å². The molecule has 2 aliphatic carbocycles. The Morgan fingerprint density at radius 2 is 0.885 bits per heavy atom. The number of benzene rings is 2. The number of hydrogen-bond acceptors (Lipinski definition) is 10. The highest BCUT2D eigenvalue weighted by Gasteiger charge is 2.42. The zero-order chi connectivity index (χ0) is 55.1. The van der Waals surface area contributed by atoms with Crippen molar-refractivity contribution in [1.82, 2.24) is 48.2 Å². The number of rotatable bonds is 10. The van der Waals surface area contributed by atoms with E-state index >= 15 is 0 Å². The van der Waals surface area contributed by atoms with Gasteiger partial charge in [-0.15, -0.1) is 0 Å². The van der Waals surface area contributed by atoms with Crippen LogP contribution in [-0.2, 0) is 33.8 Å². The Morgan fingerprint density at radius 1 is 0.526 bits per heavy atom. The third kappa shape index (κ3) is 9.64. The summed E-state index contributed by atoms with van der Waals surface area (Å²) < 4.78 is 117. The van der Waals surface area contributed by atoms with E-state index in [1.807, 2.05) is 119 Å². The molecule has 2 unspecified atom stereocenters. The van der Waals surface area contributed by atoms with Gasteiger partial charge in [0.2, 0.25) is 11.8 Å². The van der Waals surface area contributed by atoms with Gasteiger partial charge >= 0.3 is 0 Å². The van der Waals surface area contributed by atoms with Crippen LogP contribution in [-0.4, -0.2) is 89.4 Å². The minimum absolute atomic E-state index is 0.0957. The van der Waals surface area contributed by atoms with E-state index < -0.39 is 31.5 Å². The van der Waals surface area contributed by atoms with Gasteiger partial charge in [0.25, 0.3) is 0 Å². The summed E-state index contributed by atoms with van der Waals surface area (Å²) in [5.74, 6) is -5.64. The first-order chi connectivity index (χ1) is 37.1. The summed E-state index contributed by atoms with van der Waals surface area (Å²) in [6.45, 7) is 3.85. The second kappa shape index (κ2) is 19.8. The molecular weight excluding hydrogens is 1040 g/mol. The molecule has 14 nitrogen and oxygen atoms in total. The van der Waals surface area contributed by atoms with Crippen molar-refractivity contribution >= 4 is 63.5 Å². The quantitative estimate of drug-likeness (QED) is 0.120. The van der Waals surface area contributed by atoms with E-state index in [0.717, 1.165) is 56.1 Å². The van der Waals surface area contributed by atoms with Crippen LogP contribution in [0.25, 0.3) is 66.4 Å². The Labute approximate surface area is 449 Å². The van der Waals surface area contributed by atoms with Crippen LogP contribution in [0.5, 0.6) is 0 Å². The van der Waals surface area contributed by atoms with Crippen LogP contribution < -0.4 is 0 Å². The molecular formula is C58H58F4N10O4S2. The Morgan fingerprint density at radius 3 is 1.21 bits per heavy atom. The summed E-state index contributed by atoms with van der Waals surface area (Å²) >= 11 is 0. The molecule has 0 saturated heterocycles. The molecule has 0 bridgehead atoms. The van der Waals surface area contributed by atoms with Crippen LogP contribution >= 0.6 is 0 Å². The monoisotopic (exact) mass is 1100 g/mol. The molecule has 2 fully saturated rings. The minimum Gasteiger partial charge on any atom is -0.333 e. The second-order valence-corrected chi connectivity index (χ2v) is 25.2. The second-order valence-electron chi connectivity index (χ2n) is 21.2. The highest BCUT2D eigenvalue weighted by atomic mass is 32.2. The predicted molar refractivity (Wildman–Crippen MR) is 293 cm³/mol. The van der Waals surface area contributed by atoms with Crippen molar-refractivity contribution in [2.75, 3.05) is 12.5 Å². The normalized spacial score (nSPS) is 17.2. The maximum absolute atomic E-state index is 14.3. The van der Waals surface area contributed by atoms with Crippen molar-refractivity contribution in [3.8, 4) is 22.5 Å². The average molecular weight is 1100 g/mol. The highest BCUT2D eigenvalue weighted by Crippen LogP contribution is 2.49. The summed E-state index contributed by atoms with van der Waals surface area (Å²) in [7, 11) is -3.53. The minimum atomic E-state index is -3.68. The van der Waals surface area contributed by atoms with Gasteiger partial charge in [0.15, 0.2) is 19.7 Å². The number of nitrogens with zero attached hydrogens (tertiary/aromatic N) is 10. The van der Waals surface area contributed by atoms with Gasteiger partial charge in [-0.3, -0.25) is 19.9 Å². The number of sulfone groups is 2. The van der Waals surface area contributed by atoms with E-state index in [9.17, 15) is 34.4 Å². The molecule has 20 heteroatoms. The van der Waals surface area contributed by atoms with Gasteiger partial charge in [-0.25, -0.2) is 44.4 Å². The molecule has 12 rings (SSSR count). The third-order valence-corrected chi connectivity index (χ3v) is 18.1. The molecule has 8 heterocycles. The maximum Gasteiger partial charge on any atom is 0.248 e. The fourth-order valence-corrected chi connectivity index (χ4v) is 13.9. The summed E-state index contributed by atoms with van der Waals surface area (Å²) in [4.78, 5) is 27.2. The number of hydrogen-bond donors (Lipinski definition) is 0. The molecule has 2 saturated carbocycles. The standard InChI is InChI=1S/2C29H29F2N5O2S/c2*1-18-26(35(2)17-34-18)21-13-23-25(33-14-21)22-15-32-16-24(39(3,37)38)28(22)36(23)27(19-7-5-4-6-8-19)20-9-11-29(30,31)12-10-20/h2*4-8,13-17,20,27H,9-12H2,1-3H3. The van der Waals surface area contributed by atoms with Gasteiger partial charge in [0.1, 0.15) is 9.79 Å². The van der Waals surface area contributed by atoms with Gasteiger partial charge in [-0.2, -0.15) is 0 Å². The van der Waals surface area contributed by atoms with E-state index in [2.05, 4.69) is 19.9 Å². The number of aryl methyl sites for hydroxylation is 4. The lowest BCUT2D eigenvalue weighted by Gasteiger charge is -2.36. The summed E-state index contributed by atoms with van der Waals surface area (Å²) in [6, 6.07) is 22.7. The van der Waals surface area contributed by atoms with Gasteiger partial charge in [0, 0.05) is 111 Å². The predicted octanol–water partition coefficient (Wildman–Crippen LogP) is 12.2. The molecule has 2 aliphatic rings. The lowest BCUT2D eigenvalue weighted by atomic mass is 9.79. The largest absolute Gasteiger partial charge is 0.333 e. The number of imidazole rings is 2. The third-order valence-electron chi connectivity index (χ3n) is 15.9. The first-order valence-corrected chi connectivity index (χ1v) is 29.7. The summed E-state index contributed by atoms with van der Waals surface area (Å²) in [5, 5.41) is 1.23. The van der Waals surface area contributed by atoms with Crippen LogP contribution in [0.1, 0.15) is 86.0 Å². The Hall–Kier alpha value is -7.32. The molecule has 2 aromatic carbocycles. The molecule has 0 amide bonds.